The lowest BCUT2D eigenvalue weighted by Gasteiger charge is -2.19. The van der Waals surface area contributed by atoms with E-state index in [1.807, 2.05) is 5.32 Å². The normalized spacial score (nSPS) is 24.1. The van der Waals surface area contributed by atoms with Gasteiger partial charge in [0.25, 0.3) is 0 Å². The first kappa shape index (κ1) is 5.41. The molecule has 3 heteroatoms. The molecule has 3 rings (SSSR count). The summed E-state index contributed by atoms with van der Waals surface area (Å²) in [5, 5.41) is 2.70. The highest BCUT2D eigenvalue weighted by atomic mass is 32.1. The lowest BCUT2D eigenvalue weighted by Crippen LogP contribution is -2.15. The van der Waals surface area contributed by atoms with Gasteiger partial charge < -0.3 is 10.1 Å². The molecule has 0 spiro atoms. The third-order valence-electron chi connectivity index (χ3n) is 2.56. The number of hydrogen-bond donors (Lipinski definition) is 1. The fourth-order valence-electron chi connectivity index (χ4n) is 1.67. The average Bonchev–Trinajstić information content (AvgIpc) is 3.30. The van der Waals surface area contributed by atoms with Gasteiger partial charge in [-0.3, -0.25) is 0 Å². The van der Waals surface area contributed by atoms with Gasteiger partial charge in [-0.05, 0) is 36.4 Å². The van der Waals surface area contributed by atoms with E-state index in [1.165, 1.54) is 17.5 Å². The van der Waals surface area contributed by atoms with Crippen molar-refractivity contribution in [3.63, 3.8) is 0 Å². The van der Waals surface area contributed by atoms with Gasteiger partial charge >= 0.3 is 0 Å². The number of thiophene rings is 1. The van der Waals surface area contributed by atoms with Crippen LogP contribution in [0.3, 0.4) is 0 Å². The Bertz CT molecular complexity index is 1230. The molecule has 1 N–H and O–H groups in total. The summed E-state index contributed by atoms with van der Waals surface area (Å²) >= 11 is 0.924. The Morgan fingerprint density at radius 3 is 3.14 bits per heavy atom. The maximum atomic E-state index is 8.95. The van der Waals surface area contributed by atoms with Gasteiger partial charge in [0, 0.05) is 23.5 Å². The smallest absolute Gasteiger partial charge is 0.134 e. The molecule has 0 aliphatic heterocycles. The van der Waals surface area contributed by atoms with Crippen LogP contribution in [-0.4, -0.2) is 13.5 Å². The van der Waals surface area contributed by atoms with Gasteiger partial charge in [-0.15, -0.1) is 11.3 Å². The minimum Gasteiger partial charge on any atom is -0.484 e. The van der Waals surface area contributed by atoms with Crippen molar-refractivity contribution in [2.75, 3.05) is 13.5 Å². The van der Waals surface area contributed by atoms with Crippen LogP contribution >= 0.6 is 11.3 Å². The van der Waals surface area contributed by atoms with Crippen LogP contribution in [0.5, 0.6) is 5.75 Å². The lowest BCUT2D eigenvalue weighted by molar-refractivity contribution is 0.201. The largest absolute Gasteiger partial charge is 0.484 e. The molecule has 2 aromatic carbocycles. The Hall–Kier alpha value is -1.84. The van der Waals surface area contributed by atoms with Crippen molar-refractivity contribution in [1.29, 1.82) is 0 Å². The third-order valence-corrected chi connectivity index (χ3v) is 3.43. The van der Waals surface area contributed by atoms with Crippen molar-refractivity contribution in [3.8, 4) is 5.75 Å². The third kappa shape index (κ3) is 3.26. The molecule has 0 bridgehead atoms. The Morgan fingerprint density at radius 2 is 2.29 bits per heavy atom. The van der Waals surface area contributed by atoms with E-state index in [1.54, 1.807) is 0 Å². The standard InChI is InChI=1S/C18H19NOS/c1-19-12-11-17(18-10-5-13-21-18)20-16-9-4-7-14-6-2-3-8-15(14)16/h2-10,13,17,19H,11-12H2,1H3/i1D3,2D,3D,4D,6D,7D,8D,9D,11D2,17D. The summed E-state index contributed by atoms with van der Waals surface area (Å²) in [6.07, 6.45) is -5.42. The summed E-state index contributed by atoms with van der Waals surface area (Å²) < 4.78 is 110. The molecule has 1 unspecified atom stereocenters. The fraction of sp³-hybridized carbons (Fsp3) is 0.222. The number of nitrogens with one attached hydrogen (secondary N) is 1. The molecular formula is C18H19NOS. The van der Waals surface area contributed by atoms with Crippen LogP contribution in [0.4, 0.5) is 0 Å². The molecule has 1 aromatic heterocycles. The van der Waals surface area contributed by atoms with Crippen molar-refractivity contribution >= 4 is 22.1 Å². The summed E-state index contributed by atoms with van der Waals surface area (Å²) in [5.41, 5.74) is 0. The van der Waals surface area contributed by atoms with E-state index in [0.717, 1.165) is 11.3 Å². The van der Waals surface area contributed by atoms with Crippen molar-refractivity contribution in [3.05, 3.63) is 64.7 Å². The topological polar surface area (TPSA) is 21.3 Å². The second-order valence-corrected chi connectivity index (χ2v) is 4.84. The predicted molar refractivity (Wildman–Crippen MR) is 90.2 cm³/mol. The van der Waals surface area contributed by atoms with Gasteiger partial charge in [-0.2, -0.15) is 0 Å². The zero-order valence-corrected chi connectivity index (χ0v) is 11.6. The highest BCUT2D eigenvalue weighted by molar-refractivity contribution is 7.10. The van der Waals surface area contributed by atoms with Crippen LogP contribution < -0.4 is 10.1 Å². The molecule has 0 saturated carbocycles. The number of benzene rings is 2. The van der Waals surface area contributed by atoms with Gasteiger partial charge in [-0.1, -0.05) is 42.3 Å². The van der Waals surface area contributed by atoms with Crippen LogP contribution in [0.25, 0.3) is 10.8 Å². The minimum atomic E-state index is -2.74. The molecule has 1 heterocycles. The molecule has 3 aromatic rings. The highest BCUT2D eigenvalue weighted by Gasteiger charge is 2.15. The molecular weight excluding hydrogens is 278 g/mol. The van der Waals surface area contributed by atoms with Gasteiger partial charge in [-0.25, -0.2) is 0 Å². The predicted octanol–water partition coefficient (Wildman–Crippen LogP) is 4.63. The van der Waals surface area contributed by atoms with E-state index in [9.17, 15) is 0 Å². The zero-order chi connectivity index (χ0) is 25.8. The van der Waals surface area contributed by atoms with Gasteiger partial charge in [0.1, 0.15) is 11.8 Å². The van der Waals surface area contributed by atoms with E-state index in [4.69, 9.17) is 22.6 Å². The van der Waals surface area contributed by atoms with Gasteiger partial charge in [0.15, 0.2) is 0 Å². The SMILES string of the molecule is [2H]c1c([2H])c([2H])c2c(OC([2H])(c3cccs3)C([2H])([2H])CNC([2H])([2H])[2H])c([2H])c([2H])c([2H])c2c1[2H]. The van der Waals surface area contributed by atoms with Crippen LogP contribution in [0.1, 0.15) is 35.1 Å². The Labute approximate surface area is 147 Å². The Kier molecular flexibility index (Phi) is 1.74. The molecule has 2 nitrogen and oxygen atoms in total. The molecule has 0 saturated heterocycles. The molecule has 0 aliphatic carbocycles. The van der Waals surface area contributed by atoms with Gasteiger partial charge in [0.05, 0.1) is 11.0 Å². The Morgan fingerprint density at radius 1 is 1.38 bits per heavy atom. The summed E-state index contributed by atoms with van der Waals surface area (Å²) in [7, 11) is 0. The summed E-state index contributed by atoms with van der Waals surface area (Å²) in [6, 6.07) is -1.95. The van der Waals surface area contributed by atoms with Crippen LogP contribution in [-0.2, 0) is 0 Å². The first-order valence-corrected chi connectivity index (χ1v) is 6.89. The van der Waals surface area contributed by atoms with Crippen LogP contribution in [0.15, 0.2) is 59.8 Å². The monoisotopic (exact) mass is 310 g/mol. The van der Waals surface area contributed by atoms with E-state index >= 15 is 0 Å². The molecule has 1 atom stereocenters. The average molecular weight is 311 g/mol. The first-order valence-electron chi connectivity index (χ1n) is 12.5. The minimum absolute atomic E-state index is 0.0142. The summed E-state index contributed by atoms with van der Waals surface area (Å²) in [4.78, 5) is -0.0142. The van der Waals surface area contributed by atoms with E-state index in [-0.39, 0.29) is 4.88 Å². The van der Waals surface area contributed by atoms with Crippen molar-refractivity contribution in [2.24, 2.45) is 0 Å². The van der Waals surface area contributed by atoms with Crippen LogP contribution in [0.2, 0.25) is 0 Å². The quantitative estimate of drug-likeness (QED) is 0.716. The fourth-order valence-corrected chi connectivity index (χ4v) is 2.36. The summed E-state index contributed by atoms with van der Waals surface area (Å²) in [5.74, 6) is -0.677. The highest BCUT2D eigenvalue weighted by Crippen LogP contribution is 2.32. The molecule has 0 radical (unpaired) electrons. The van der Waals surface area contributed by atoms with E-state index in [2.05, 4.69) is 0 Å². The molecule has 0 amide bonds. The zero-order valence-electron chi connectivity index (χ0n) is 23.8. The van der Waals surface area contributed by atoms with Crippen molar-refractivity contribution in [1.82, 2.24) is 5.32 Å². The van der Waals surface area contributed by atoms with E-state index < -0.39 is 84.8 Å². The number of fused-ring (bicyclic) bond motifs is 1. The number of ether oxygens (including phenoxy) is 1. The maximum Gasteiger partial charge on any atom is 0.134 e. The second kappa shape index (κ2) is 6.74. The van der Waals surface area contributed by atoms with Crippen molar-refractivity contribution in [2.45, 2.75) is 12.5 Å². The second-order valence-electron chi connectivity index (χ2n) is 3.89. The summed E-state index contributed by atoms with van der Waals surface area (Å²) in [6.45, 7) is -3.59. The first-order chi connectivity index (χ1) is 15.5. The molecule has 108 valence electrons. The number of rotatable bonds is 6. The Balaban J connectivity index is 2.33. The molecule has 0 aliphatic rings. The molecule has 0 fully saturated rings. The lowest BCUT2D eigenvalue weighted by atomic mass is 10.1. The van der Waals surface area contributed by atoms with E-state index in [0.29, 0.717) is 0 Å². The van der Waals surface area contributed by atoms with Crippen molar-refractivity contribution < 1.29 is 22.6 Å². The van der Waals surface area contributed by atoms with Gasteiger partial charge in [0.2, 0.25) is 0 Å². The number of hydrogen-bond acceptors (Lipinski definition) is 3. The molecule has 21 heavy (non-hydrogen) atoms. The van der Waals surface area contributed by atoms with Crippen LogP contribution in [0, 0.1) is 0 Å². The maximum absolute atomic E-state index is 8.95.